The largest absolute Gasteiger partial charge is 0.472 e. The van der Waals surface area contributed by atoms with Gasteiger partial charge in [0.1, 0.15) is 12.7 Å². The van der Waals surface area contributed by atoms with Crippen LogP contribution in [0.1, 0.15) is 290 Å². The number of unbranched alkanes of at least 4 members (excludes halogenated alkanes) is 32. The minimum Gasteiger partial charge on any atom is -0.462 e. The lowest BCUT2D eigenvalue weighted by atomic mass is 10.0. The number of hydrogen-bond acceptors (Lipinski definition) is 10. The van der Waals surface area contributed by atoms with Gasteiger partial charge in [0.25, 0.3) is 0 Å². The number of aliphatic hydroxyl groups excluding tert-OH is 1. The zero-order valence-electron chi connectivity index (χ0n) is 47.8. The van der Waals surface area contributed by atoms with Crippen molar-refractivity contribution >= 4 is 25.7 Å². The van der Waals surface area contributed by atoms with Crippen LogP contribution in [0.2, 0.25) is 0 Å². The number of aliphatic hydroxyl groups is 1. The topological polar surface area (TPSA) is 155 Å². The van der Waals surface area contributed by atoms with Crippen LogP contribution in [0, 0.1) is 0 Å². The fraction of sp³-hybridized carbons (Fsp3) is 0.823. The SMILES string of the molecule is CCCCC/C=C\C/C=C\CCCCCCCC(=O)OCC(COP(=O)(O)OCC(CO)OC(=O)CCCCCCC/C=C\C/C=C\CCCCC)OC(=O)CCCCCCCCCCCCCCCCCCC. The smallest absolute Gasteiger partial charge is 0.462 e. The molecule has 0 spiro atoms. The molecule has 432 valence electrons. The lowest BCUT2D eigenvalue weighted by Crippen LogP contribution is -2.30. The molecule has 0 radical (unpaired) electrons. The lowest BCUT2D eigenvalue weighted by Gasteiger charge is -2.21. The molecule has 0 aliphatic carbocycles. The molecule has 74 heavy (non-hydrogen) atoms. The van der Waals surface area contributed by atoms with Crippen molar-refractivity contribution in [3.05, 3.63) is 48.6 Å². The van der Waals surface area contributed by atoms with Gasteiger partial charge in [-0.1, -0.05) is 236 Å². The van der Waals surface area contributed by atoms with Gasteiger partial charge in [-0.15, -0.1) is 0 Å². The standard InChI is InChI=1S/C62H113O11P/c1-4-7-10-13-16-19-22-25-28-29-32-35-38-41-44-47-50-53-62(66)73-59(55-69-60(64)51-48-45-42-39-36-33-30-26-23-20-17-14-11-8-5-2)57-71-74(67,68)70-56-58(54-63)72-61(65)52-49-46-43-40-37-34-31-27-24-21-18-15-12-9-6-3/h17-18,20-21,26-27,30-31,58-59,63H,4-16,19,22-25,28-29,32-57H2,1-3H3,(H,67,68)/b20-17-,21-18-,30-26-,31-27-. The van der Waals surface area contributed by atoms with Gasteiger partial charge in [0, 0.05) is 19.3 Å². The molecule has 0 rings (SSSR count). The number of carbonyl (C=O) groups excluding carboxylic acids is 3. The summed E-state index contributed by atoms with van der Waals surface area (Å²) in [4.78, 5) is 48.6. The van der Waals surface area contributed by atoms with Crippen molar-refractivity contribution in [1.29, 1.82) is 0 Å². The fourth-order valence-corrected chi connectivity index (χ4v) is 9.32. The Bertz CT molecular complexity index is 1430. The summed E-state index contributed by atoms with van der Waals surface area (Å²) in [7, 11) is -4.75. The Hall–Kier alpha value is -2.56. The van der Waals surface area contributed by atoms with E-state index in [0.717, 1.165) is 109 Å². The van der Waals surface area contributed by atoms with Crippen LogP contribution >= 0.6 is 7.82 Å². The van der Waals surface area contributed by atoms with Gasteiger partial charge >= 0.3 is 25.7 Å². The predicted molar refractivity (Wildman–Crippen MR) is 307 cm³/mol. The second kappa shape index (κ2) is 56.6. The van der Waals surface area contributed by atoms with Crippen LogP contribution in [0.5, 0.6) is 0 Å². The predicted octanol–water partition coefficient (Wildman–Crippen LogP) is 18.1. The fourth-order valence-electron chi connectivity index (χ4n) is 8.54. The Morgan fingerprint density at radius 2 is 0.662 bits per heavy atom. The van der Waals surface area contributed by atoms with E-state index in [0.29, 0.717) is 19.3 Å². The van der Waals surface area contributed by atoms with Crippen molar-refractivity contribution in [2.75, 3.05) is 26.4 Å². The van der Waals surface area contributed by atoms with Crippen LogP contribution in [-0.2, 0) is 42.2 Å². The van der Waals surface area contributed by atoms with E-state index in [2.05, 4.69) is 69.4 Å². The van der Waals surface area contributed by atoms with Gasteiger partial charge in [-0.2, -0.15) is 0 Å². The molecule has 0 saturated heterocycles. The molecular weight excluding hydrogens is 952 g/mol. The maximum atomic E-state index is 12.9. The molecule has 0 bridgehead atoms. The zero-order chi connectivity index (χ0) is 54.1. The average Bonchev–Trinajstić information content (AvgIpc) is 3.39. The summed E-state index contributed by atoms with van der Waals surface area (Å²) in [6.45, 7) is 4.61. The molecule has 0 amide bonds. The Balaban J connectivity index is 4.71. The summed E-state index contributed by atoms with van der Waals surface area (Å²) in [5, 5.41) is 9.82. The van der Waals surface area contributed by atoms with Crippen molar-refractivity contribution < 1.29 is 52.2 Å². The maximum Gasteiger partial charge on any atom is 0.472 e. The van der Waals surface area contributed by atoms with Crippen LogP contribution in [0.15, 0.2) is 48.6 Å². The van der Waals surface area contributed by atoms with Gasteiger partial charge < -0.3 is 24.2 Å². The second-order valence-electron chi connectivity index (χ2n) is 20.5. The molecule has 3 unspecified atom stereocenters. The molecule has 0 aromatic heterocycles. The highest BCUT2D eigenvalue weighted by Gasteiger charge is 2.28. The van der Waals surface area contributed by atoms with Crippen LogP contribution in [-0.4, -0.2) is 66.5 Å². The molecule has 0 fully saturated rings. The molecule has 3 atom stereocenters. The zero-order valence-corrected chi connectivity index (χ0v) is 48.7. The van der Waals surface area contributed by atoms with E-state index in [1.165, 1.54) is 122 Å². The number of phosphoric ester groups is 1. The van der Waals surface area contributed by atoms with Crippen molar-refractivity contribution in [3.63, 3.8) is 0 Å². The monoisotopic (exact) mass is 1060 g/mol. The van der Waals surface area contributed by atoms with E-state index in [1.54, 1.807) is 0 Å². The Morgan fingerprint density at radius 1 is 0.378 bits per heavy atom. The van der Waals surface area contributed by atoms with Gasteiger partial charge in [-0.3, -0.25) is 23.4 Å². The molecule has 2 N–H and O–H groups in total. The van der Waals surface area contributed by atoms with Crippen molar-refractivity contribution in [3.8, 4) is 0 Å². The molecule has 11 nitrogen and oxygen atoms in total. The molecule has 0 saturated carbocycles. The van der Waals surface area contributed by atoms with E-state index < -0.39 is 57.8 Å². The van der Waals surface area contributed by atoms with Gasteiger partial charge in [0.05, 0.1) is 19.8 Å². The number of esters is 3. The van der Waals surface area contributed by atoms with Crippen LogP contribution in [0.25, 0.3) is 0 Å². The van der Waals surface area contributed by atoms with Crippen LogP contribution in [0.3, 0.4) is 0 Å². The summed E-state index contributed by atoms with van der Waals surface area (Å²) in [6.07, 6.45) is 60.6. The molecule has 0 aliphatic heterocycles. The van der Waals surface area contributed by atoms with Gasteiger partial charge in [0.15, 0.2) is 6.10 Å². The van der Waals surface area contributed by atoms with E-state index in [-0.39, 0.29) is 25.9 Å². The summed E-state index contributed by atoms with van der Waals surface area (Å²) < 4.78 is 39.6. The Labute approximate surface area is 453 Å². The second-order valence-corrected chi connectivity index (χ2v) is 22.0. The van der Waals surface area contributed by atoms with Gasteiger partial charge in [-0.05, 0) is 83.5 Å². The van der Waals surface area contributed by atoms with Crippen LogP contribution < -0.4 is 0 Å². The number of rotatable bonds is 57. The molecular formula is C62H113O11P. The van der Waals surface area contributed by atoms with E-state index in [9.17, 15) is 28.9 Å². The molecule has 0 heterocycles. The summed E-state index contributed by atoms with van der Waals surface area (Å²) in [5.41, 5.74) is 0. The molecule has 0 aromatic rings. The first-order valence-corrected chi connectivity index (χ1v) is 32.0. The maximum absolute atomic E-state index is 12.9. The third kappa shape index (κ3) is 54.2. The quantitative estimate of drug-likeness (QED) is 0.0197. The molecule has 0 aromatic carbocycles. The Kier molecular flexibility index (Phi) is 54.7. The van der Waals surface area contributed by atoms with E-state index in [1.807, 2.05) is 0 Å². The molecule has 12 heteroatoms. The Morgan fingerprint density at radius 3 is 1.03 bits per heavy atom. The van der Waals surface area contributed by atoms with Crippen molar-refractivity contribution in [2.24, 2.45) is 0 Å². The number of ether oxygens (including phenoxy) is 3. The summed E-state index contributed by atoms with van der Waals surface area (Å²) >= 11 is 0. The first kappa shape index (κ1) is 71.4. The highest BCUT2D eigenvalue weighted by Crippen LogP contribution is 2.43. The minimum absolute atomic E-state index is 0.162. The first-order valence-electron chi connectivity index (χ1n) is 30.5. The average molecular weight is 1070 g/mol. The first-order chi connectivity index (χ1) is 36.2. The number of hydrogen-bond donors (Lipinski definition) is 2. The third-order valence-corrected chi connectivity index (χ3v) is 14.2. The highest BCUT2D eigenvalue weighted by molar-refractivity contribution is 7.47. The lowest BCUT2D eigenvalue weighted by molar-refractivity contribution is -0.161. The van der Waals surface area contributed by atoms with Gasteiger partial charge in [-0.25, -0.2) is 4.57 Å². The third-order valence-electron chi connectivity index (χ3n) is 13.2. The summed E-state index contributed by atoms with van der Waals surface area (Å²) in [5.74, 6) is -1.48. The number of allylic oxidation sites excluding steroid dienone is 8. The van der Waals surface area contributed by atoms with E-state index >= 15 is 0 Å². The highest BCUT2D eigenvalue weighted by atomic mass is 31.2. The van der Waals surface area contributed by atoms with Crippen molar-refractivity contribution in [1.82, 2.24) is 0 Å². The number of carbonyl (C=O) groups is 3. The van der Waals surface area contributed by atoms with Gasteiger partial charge in [0.2, 0.25) is 0 Å². The van der Waals surface area contributed by atoms with Crippen LogP contribution in [0.4, 0.5) is 0 Å². The minimum atomic E-state index is -4.75. The number of phosphoric acid groups is 1. The van der Waals surface area contributed by atoms with E-state index in [4.69, 9.17) is 23.3 Å². The molecule has 0 aliphatic rings. The van der Waals surface area contributed by atoms with Crippen molar-refractivity contribution in [2.45, 2.75) is 303 Å². The summed E-state index contributed by atoms with van der Waals surface area (Å²) in [6, 6.07) is 0. The normalized spacial score (nSPS) is 13.6.